The minimum atomic E-state index is -0.628. The van der Waals surface area contributed by atoms with Crippen LogP contribution >= 0.6 is 0 Å². The molecule has 0 fully saturated rings. The second kappa shape index (κ2) is 5.18. The first-order valence-corrected chi connectivity index (χ1v) is 5.67. The zero-order chi connectivity index (χ0) is 14.0. The maximum Gasteiger partial charge on any atom is 0.199 e. The molecule has 0 aromatic heterocycles. The van der Waals surface area contributed by atoms with E-state index in [2.05, 4.69) is 0 Å². The van der Waals surface area contributed by atoms with E-state index in [0.29, 0.717) is 5.56 Å². The van der Waals surface area contributed by atoms with Gasteiger partial charge in [0.1, 0.15) is 17.4 Å². The first-order valence-electron chi connectivity index (χ1n) is 5.67. The van der Waals surface area contributed by atoms with E-state index in [4.69, 9.17) is 4.74 Å². The van der Waals surface area contributed by atoms with Crippen molar-refractivity contribution < 1.29 is 18.3 Å². The fraction of sp³-hybridized carbons (Fsp3) is 0.133. The van der Waals surface area contributed by atoms with Crippen molar-refractivity contribution in [3.05, 3.63) is 64.7 Å². The van der Waals surface area contributed by atoms with Crippen LogP contribution in [0.4, 0.5) is 8.78 Å². The molecule has 0 N–H and O–H groups in total. The lowest BCUT2D eigenvalue weighted by molar-refractivity contribution is 0.103. The first kappa shape index (κ1) is 13.2. The molecular formula is C15H12F2O2. The fourth-order valence-electron chi connectivity index (χ4n) is 1.81. The van der Waals surface area contributed by atoms with Gasteiger partial charge in [0.05, 0.1) is 18.2 Å². The van der Waals surface area contributed by atoms with E-state index in [0.717, 1.165) is 6.07 Å². The van der Waals surface area contributed by atoms with Crippen molar-refractivity contribution in [2.75, 3.05) is 7.11 Å². The van der Waals surface area contributed by atoms with Gasteiger partial charge in [-0.1, -0.05) is 6.07 Å². The zero-order valence-corrected chi connectivity index (χ0v) is 10.5. The lowest BCUT2D eigenvalue weighted by Crippen LogP contribution is -2.07. The summed E-state index contributed by atoms with van der Waals surface area (Å²) in [6, 6.07) is 7.84. The number of rotatable bonds is 3. The van der Waals surface area contributed by atoms with Gasteiger partial charge in [-0.3, -0.25) is 4.79 Å². The predicted octanol–water partition coefficient (Wildman–Crippen LogP) is 3.51. The molecule has 0 saturated heterocycles. The van der Waals surface area contributed by atoms with Crippen LogP contribution in [-0.2, 0) is 0 Å². The van der Waals surface area contributed by atoms with Gasteiger partial charge in [-0.2, -0.15) is 0 Å². The van der Waals surface area contributed by atoms with Crippen molar-refractivity contribution in [1.29, 1.82) is 0 Å². The fourth-order valence-corrected chi connectivity index (χ4v) is 1.81. The number of carbonyl (C=O) groups excluding carboxylic acids is 1. The van der Waals surface area contributed by atoms with Crippen LogP contribution in [0.1, 0.15) is 21.5 Å². The largest absolute Gasteiger partial charge is 0.496 e. The van der Waals surface area contributed by atoms with Gasteiger partial charge in [-0.25, -0.2) is 8.78 Å². The molecule has 0 unspecified atom stereocenters. The molecule has 0 aliphatic heterocycles. The van der Waals surface area contributed by atoms with Crippen LogP contribution in [0.2, 0.25) is 0 Å². The van der Waals surface area contributed by atoms with E-state index in [1.807, 2.05) is 0 Å². The lowest BCUT2D eigenvalue weighted by Gasteiger charge is -2.08. The minimum absolute atomic E-state index is 0.00486. The highest BCUT2D eigenvalue weighted by atomic mass is 19.1. The number of ketones is 1. The summed E-state index contributed by atoms with van der Waals surface area (Å²) in [7, 11) is 1.37. The number of hydrogen-bond donors (Lipinski definition) is 0. The van der Waals surface area contributed by atoms with E-state index in [9.17, 15) is 13.6 Å². The van der Waals surface area contributed by atoms with Crippen LogP contribution in [0, 0.1) is 18.6 Å². The summed E-state index contributed by atoms with van der Waals surface area (Å²) >= 11 is 0. The van der Waals surface area contributed by atoms with Crippen LogP contribution in [0.3, 0.4) is 0 Å². The highest BCUT2D eigenvalue weighted by Crippen LogP contribution is 2.24. The highest BCUT2D eigenvalue weighted by Gasteiger charge is 2.18. The molecule has 0 heterocycles. The second-order valence-electron chi connectivity index (χ2n) is 4.16. The molecule has 0 bridgehead atoms. The van der Waals surface area contributed by atoms with Gasteiger partial charge in [0.25, 0.3) is 0 Å². The molecule has 0 aliphatic carbocycles. The Morgan fingerprint density at radius 3 is 2.42 bits per heavy atom. The Kier molecular flexibility index (Phi) is 3.60. The summed E-state index contributed by atoms with van der Waals surface area (Å²) in [5.41, 5.74) is 0.611. The molecule has 0 radical (unpaired) electrons. The number of benzene rings is 2. The molecule has 0 spiro atoms. The van der Waals surface area contributed by atoms with Crippen LogP contribution in [0.25, 0.3) is 0 Å². The number of halogens is 2. The molecule has 2 aromatic rings. The maximum atomic E-state index is 13.8. The van der Waals surface area contributed by atoms with E-state index in [1.54, 1.807) is 13.0 Å². The SMILES string of the molecule is COc1ccc(F)cc1C(=O)c1ccc(C)cc1F. The van der Waals surface area contributed by atoms with Crippen molar-refractivity contribution >= 4 is 5.78 Å². The van der Waals surface area contributed by atoms with E-state index < -0.39 is 17.4 Å². The predicted molar refractivity (Wildman–Crippen MR) is 67.5 cm³/mol. The molecule has 0 aliphatic rings. The molecule has 19 heavy (non-hydrogen) atoms. The minimum Gasteiger partial charge on any atom is -0.496 e. The summed E-state index contributed by atoms with van der Waals surface area (Å²) < 4.78 is 32.0. The van der Waals surface area contributed by atoms with Gasteiger partial charge >= 0.3 is 0 Å². The maximum absolute atomic E-state index is 13.8. The Labute approximate surface area is 109 Å². The molecule has 2 aromatic carbocycles. The molecule has 4 heteroatoms. The van der Waals surface area contributed by atoms with Crippen molar-refractivity contribution in [2.45, 2.75) is 6.92 Å². The summed E-state index contributed by atoms with van der Waals surface area (Å²) in [6.45, 7) is 1.72. The Balaban J connectivity index is 2.52. The number of methoxy groups -OCH3 is 1. The normalized spacial score (nSPS) is 10.3. The summed E-state index contributed by atoms with van der Waals surface area (Å²) in [5, 5.41) is 0. The van der Waals surface area contributed by atoms with Crippen molar-refractivity contribution in [2.24, 2.45) is 0 Å². The topological polar surface area (TPSA) is 26.3 Å². The first-order chi connectivity index (χ1) is 9.02. The average molecular weight is 262 g/mol. The Bertz CT molecular complexity index is 636. The Morgan fingerprint density at radius 1 is 1.05 bits per heavy atom. The van der Waals surface area contributed by atoms with Crippen molar-refractivity contribution in [3.63, 3.8) is 0 Å². The third-order valence-electron chi connectivity index (χ3n) is 2.78. The summed E-state index contributed by atoms with van der Waals surface area (Å²) in [4.78, 5) is 12.2. The number of carbonyl (C=O) groups is 1. The molecule has 0 atom stereocenters. The molecule has 2 nitrogen and oxygen atoms in total. The quantitative estimate of drug-likeness (QED) is 0.791. The number of hydrogen-bond acceptors (Lipinski definition) is 2. The van der Waals surface area contributed by atoms with Crippen LogP contribution in [0.5, 0.6) is 5.75 Å². The lowest BCUT2D eigenvalue weighted by atomic mass is 10.0. The third kappa shape index (κ3) is 2.62. The molecular weight excluding hydrogens is 250 g/mol. The molecule has 2 rings (SSSR count). The van der Waals surface area contributed by atoms with E-state index in [1.165, 1.54) is 31.4 Å². The number of aryl methyl sites for hydroxylation is 1. The Hall–Kier alpha value is -2.23. The van der Waals surface area contributed by atoms with Gasteiger partial charge in [-0.05, 0) is 42.8 Å². The van der Waals surface area contributed by atoms with Crippen LogP contribution in [0.15, 0.2) is 36.4 Å². The zero-order valence-electron chi connectivity index (χ0n) is 10.5. The van der Waals surface area contributed by atoms with Crippen molar-refractivity contribution in [1.82, 2.24) is 0 Å². The smallest absolute Gasteiger partial charge is 0.199 e. The van der Waals surface area contributed by atoms with Crippen molar-refractivity contribution in [3.8, 4) is 5.75 Å². The van der Waals surface area contributed by atoms with Gasteiger partial charge in [-0.15, -0.1) is 0 Å². The highest BCUT2D eigenvalue weighted by molar-refractivity contribution is 6.10. The van der Waals surface area contributed by atoms with E-state index in [-0.39, 0.29) is 16.9 Å². The molecule has 0 amide bonds. The van der Waals surface area contributed by atoms with Gasteiger partial charge in [0, 0.05) is 0 Å². The summed E-state index contributed by atoms with van der Waals surface area (Å²) in [6.07, 6.45) is 0. The molecule has 98 valence electrons. The second-order valence-corrected chi connectivity index (χ2v) is 4.16. The average Bonchev–Trinajstić information content (AvgIpc) is 2.38. The number of ether oxygens (including phenoxy) is 1. The van der Waals surface area contributed by atoms with Gasteiger partial charge in [0.2, 0.25) is 0 Å². The summed E-state index contributed by atoms with van der Waals surface area (Å²) in [5.74, 6) is -1.59. The van der Waals surface area contributed by atoms with Gasteiger partial charge in [0.15, 0.2) is 5.78 Å². The van der Waals surface area contributed by atoms with Crippen LogP contribution in [-0.4, -0.2) is 12.9 Å². The van der Waals surface area contributed by atoms with E-state index >= 15 is 0 Å². The van der Waals surface area contributed by atoms with Crippen LogP contribution < -0.4 is 4.74 Å². The standard InChI is InChI=1S/C15H12F2O2/c1-9-3-5-11(13(17)7-9)15(18)12-8-10(16)4-6-14(12)19-2/h3-8H,1-2H3. The van der Waals surface area contributed by atoms with Gasteiger partial charge < -0.3 is 4.74 Å². The monoisotopic (exact) mass is 262 g/mol. The molecule has 0 saturated carbocycles. The Morgan fingerprint density at radius 2 is 1.79 bits per heavy atom. The third-order valence-corrected chi connectivity index (χ3v) is 2.78.